The lowest BCUT2D eigenvalue weighted by atomic mass is 10.2. The Morgan fingerprint density at radius 3 is 2.22 bits per heavy atom. The lowest BCUT2D eigenvalue weighted by molar-refractivity contribution is 0.0633. The smallest absolute Gasteiger partial charge is 0.264 e. The van der Waals surface area contributed by atoms with E-state index in [-0.39, 0.29) is 11.7 Å². The van der Waals surface area contributed by atoms with Crippen LogP contribution >= 0.6 is 11.3 Å². The zero-order valence-corrected chi connectivity index (χ0v) is 14.0. The first kappa shape index (κ1) is 15.9. The van der Waals surface area contributed by atoms with Crippen LogP contribution in [-0.4, -0.2) is 47.7 Å². The number of nitrogens with zero attached hydrogens (tertiary/aromatic N) is 2. The maximum Gasteiger partial charge on any atom is 0.264 e. The average molecular weight is 328 g/mol. The van der Waals surface area contributed by atoms with Gasteiger partial charge in [0.05, 0.1) is 9.75 Å². The van der Waals surface area contributed by atoms with E-state index in [1.165, 1.54) is 23.8 Å². The predicted octanol–water partition coefficient (Wildman–Crippen LogP) is 2.91. The number of thiophene rings is 1. The third kappa shape index (κ3) is 3.86. The molecule has 1 aliphatic rings. The molecule has 1 aromatic carbocycles. The standard InChI is InChI=1S/C18H20N2O2S/c1-14(21)16-7-8-17(23-16)18(22)20-11-9-19(10-12-20)13-15-5-3-2-4-6-15/h2-8H,9-13H2,1H3. The Labute approximate surface area is 140 Å². The molecule has 0 aliphatic carbocycles. The molecule has 0 atom stereocenters. The van der Waals surface area contributed by atoms with Crippen molar-refractivity contribution >= 4 is 23.0 Å². The van der Waals surface area contributed by atoms with Gasteiger partial charge < -0.3 is 4.90 Å². The number of rotatable bonds is 4. The van der Waals surface area contributed by atoms with E-state index in [2.05, 4.69) is 29.2 Å². The molecule has 4 nitrogen and oxygen atoms in total. The first-order valence-corrected chi connectivity index (χ1v) is 8.61. The van der Waals surface area contributed by atoms with Gasteiger partial charge in [-0.25, -0.2) is 0 Å². The van der Waals surface area contributed by atoms with Crippen molar-refractivity contribution in [3.8, 4) is 0 Å². The third-order valence-corrected chi connectivity index (χ3v) is 5.25. The highest BCUT2D eigenvalue weighted by Gasteiger charge is 2.23. The first-order valence-electron chi connectivity index (χ1n) is 7.80. The molecular weight excluding hydrogens is 308 g/mol. The summed E-state index contributed by atoms with van der Waals surface area (Å²) in [7, 11) is 0. The monoisotopic (exact) mass is 328 g/mol. The van der Waals surface area contributed by atoms with Crippen LogP contribution in [0.3, 0.4) is 0 Å². The van der Waals surface area contributed by atoms with Crippen molar-refractivity contribution in [3.63, 3.8) is 0 Å². The van der Waals surface area contributed by atoms with E-state index in [4.69, 9.17) is 0 Å². The number of amides is 1. The maximum absolute atomic E-state index is 12.5. The molecule has 5 heteroatoms. The van der Waals surface area contributed by atoms with Crippen LogP contribution in [0.15, 0.2) is 42.5 Å². The summed E-state index contributed by atoms with van der Waals surface area (Å²) in [6, 6.07) is 13.9. The van der Waals surface area contributed by atoms with Crippen LogP contribution < -0.4 is 0 Å². The fourth-order valence-corrected chi connectivity index (χ4v) is 3.62. The number of ketones is 1. The topological polar surface area (TPSA) is 40.6 Å². The first-order chi connectivity index (χ1) is 11.1. The van der Waals surface area contributed by atoms with Gasteiger partial charge in [0.1, 0.15) is 0 Å². The van der Waals surface area contributed by atoms with Gasteiger partial charge >= 0.3 is 0 Å². The number of piperazine rings is 1. The van der Waals surface area contributed by atoms with Crippen LogP contribution in [0.25, 0.3) is 0 Å². The number of carbonyl (C=O) groups is 2. The Morgan fingerprint density at radius 2 is 1.61 bits per heavy atom. The van der Waals surface area contributed by atoms with Crippen molar-refractivity contribution in [1.82, 2.24) is 9.80 Å². The molecule has 1 saturated heterocycles. The van der Waals surface area contributed by atoms with Crippen molar-refractivity contribution in [2.75, 3.05) is 26.2 Å². The van der Waals surface area contributed by atoms with Crippen molar-refractivity contribution in [3.05, 3.63) is 57.8 Å². The SMILES string of the molecule is CC(=O)c1ccc(C(=O)N2CCN(Cc3ccccc3)CC2)s1. The second kappa shape index (κ2) is 7.06. The lowest BCUT2D eigenvalue weighted by Crippen LogP contribution is -2.48. The Hall–Kier alpha value is -1.98. The summed E-state index contributed by atoms with van der Waals surface area (Å²) in [5, 5.41) is 0. The van der Waals surface area contributed by atoms with Crippen molar-refractivity contribution in [1.29, 1.82) is 0 Å². The fourth-order valence-electron chi connectivity index (χ4n) is 2.75. The van der Waals surface area contributed by atoms with Gasteiger partial charge in [-0.15, -0.1) is 11.3 Å². The molecule has 0 bridgehead atoms. The normalized spacial score (nSPS) is 15.6. The lowest BCUT2D eigenvalue weighted by Gasteiger charge is -2.34. The molecule has 1 amide bonds. The summed E-state index contributed by atoms with van der Waals surface area (Å²) in [5.74, 6) is 0.0589. The Bertz CT molecular complexity index is 688. The summed E-state index contributed by atoms with van der Waals surface area (Å²) in [6.45, 7) is 5.69. The summed E-state index contributed by atoms with van der Waals surface area (Å²) in [6.07, 6.45) is 0. The number of benzene rings is 1. The molecule has 0 saturated carbocycles. The van der Waals surface area contributed by atoms with Crippen LogP contribution in [0.2, 0.25) is 0 Å². The number of Topliss-reactive ketones (excluding diaryl/α,β-unsaturated/α-hetero) is 1. The van der Waals surface area contributed by atoms with Gasteiger partial charge in [-0.3, -0.25) is 14.5 Å². The molecule has 0 radical (unpaired) electrons. The molecule has 23 heavy (non-hydrogen) atoms. The van der Waals surface area contributed by atoms with E-state index >= 15 is 0 Å². The van der Waals surface area contributed by atoms with Gasteiger partial charge in [0.2, 0.25) is 0 Å². The summed E-state index contributed by atoms with van der Waals surface area (Å²) in [5.41, 5.74) is 1.30. The van der Waals surface area contributed by atoms with Gasteiger partial charge in [0.15, 0.2) is 5.78 Å². The predicted molar refractivity (Wildman–Crippen MR) is 91.9 cm³/mol. The molecule has 2 heterocycles. The minimum atomic E-state index is 0.0155. The van der Waals surface area contributed by atoms with E-state index in [0.29, 0.717) is 9.75 Å². The molecule has 0 N–H and O–H groups in total. The number of hydrogen-bond donors (Lipinski definition) is 0. The highest BCUT2D eigenvalue weighted by molar-refractivity contribution is 7.15. The maximum atomic E-state index is 12.5. The van der Waals surface area contributed by atoms with Crippen LogP contribution in [-0.2, 0) is 6.54 Å². The molecule has 3 rings (SSSR count). The van der Waals surface area contributed by atoms with Gasteiger partial charge in [-0.1, -0.05) is 30.3 Å². The molecular formula is C18H20N2O2S. The summed E-state index contributed by atoms with van der Waals surface area (Å²) >= 11 is 1.29. The largest absolute Gasteiger partial charge is 0.335 e. The van der Waals surface area contributed by atoms with E-state index < -0.39 is 0 Å². The van der Waals surface area contributed by atoms with Crippen LogP contribution in [0.1, 0.15) is 31.8 Å². The number of hydrogen-bond acceptors (Lipinski definition) is 4. The zero-order chi connectivity index (χ0) is 16.2. The molecule has 120 valence electrons. The molecule has 0 unspecified atom stereocenters. The quantitative estimate of drug-likeness (QED) is 0.810. The minimum absolute atomic E-state index is 0.0155. The van der Waals surface area contributed by atoms with E-state index in [0.717, 1.165) is 32.7 Å². The zero-order valence-electron chi connectivity index (χ0n) is 13.2. The van der Waals surface area contributed by atoms with Gasteiger partial charge in [0.25, 0.3) is 5.91 Å². The second-order valence-electron chi connectivity index (χ2n) is 5.77. The van der Waals surface area contributed by atoms with Crippen LogP contribution in [0, 0.1) is 0 Å². The third-order valence-electron chi connectivity index (χ3n) is 4.07. The minimum Gasteiger partial charge on any atom is -0.335 e. The van der Waals surface area contributed by atoms with E-state index in [1.54, 1.807) is 12.1 Å². The van der Waals surface area contributed by atoms with Crippen molar-refractivity contribution in [2.24, 2.45) is 0 Å². The highest BCUT2D eigenvalue weighted by Crippen LogP contribution is 2.20. The Kier molecular flexibility index (Phi) is 4.88. The fraction of sp³-hybridized carbons (Fsp3) is 0.333. The van der Waals surface area contributed by atoms with Gasteiger partial charge in [-0.2, -0.15) is 0 Å². The van der Waals surface area contributed by atoms with E-state index in [1.807, 2.05) is 11.0 Å². The van der Waals surface area contributed by atoms with Crippen LogP contribution in [0.5, 0.6) is 0 Å². The number of carbonyl (C=O) groups excluding carboxylic acids is 2. The van der Waals surface area contributed by atoms with Gasteiger partial charge in [-0.05, 0) is 24.6 Å². The van der Waals surface area contributed by atoms with Crippen molar-refractivity contribution < 1.29 is 9.59 Å². The summed E-state index contributed by atoms with van der Waals surface area (Å²) in [4.78, 5) is 29.4. The molecule has 1 aromatic heterocycles. The van der Waals surface area contributed by atoms with Crippen LogP contribution in [0.4, 0.5) is 0 Å². The summed E-state index contributed by atoms with van der Waals surface area (Å²) < 4.78 is 0. The Morgan fingerprint density at radius 1 is 0.957 bits per heavy atom. The highest BCUT2D eigenvalue weighted by atomic mass is 32.1. The van der Waals surface area contributed by atoms with Gasteiger partial charge in [0, 0.05) is 32.7 Å². The van der Waals surface area contributed by atoms with Crippen molar-refractivity contribution in [2.45, 2.75) is 13.5 Å². The average Bonchev–Trinajstić information content (AvgIpc) is 3.06. The molecule has 1 aliphatic heterocycles. The van der Waals surface area contributed by atoms with E-state index in [9.17, 15) is 9.59 Å². The second-order valence-corrected chi connectivity index (χ2v) is 6.86. The molecule has 2 aromatic rings. The molecule has 1 fully saturated rings. The Balaban J connectivity index is 1.55. The molecule has 0 spiro atoms.